The molecular weight excluding hydrogens is 239 g/mol. The fraction of sp³-hybridized carbons (Fsp3) is 0.444. The van der Waals surface area contributed by atoms with Crippen LogP contribution in [-0.2, 0) is 6.18 Å². The van der Waals surface area contributed by atoms with Crippen LogP contribution in [0.2, 0.25) is 0 Å². The Morgan fingerprint density at radius 2 is 2.12 bits per heavy atom. The quantitative estimate of drug-likeness (QED) is 0.807. The van der Waals surface area contributed by atoms with Gasteiger partial charge in [0.25, 0.3) is 0 Å². The van der Waals surface area contributed by atoms with Gasteiger partial charge < -0.3 is 11.1 Å². The Bertz CT molecular complexity index is 354. The number of nitrogens with two attached hydrogens (primary N) is 1. The zero-order valence-electron chi connectivity index (χ0n) is 8.64. The summed E-state index contributed by atoms with van der Waals surface area (Å²) in [7, 11) is 0. The number of alkyl halides is 3. The summed E-state index contributed by atoms with van der Waals surface area (Å²) in [5, 5.41) is 2.79. The molecule has 0 radical (unpaired) electrons. The predicted molar refractivity (Wildman–Crippen MR) is 60.5 cm³/mol. The van der Waals surface area contributed by atoms with E-state index in [1.165, 1.54) is 0 Å². The van der Waals surface area contributed by atoms with Crippen LogP contribution in [0, 0.1) is 0 Å². The molecular formula is C9H12F3N3S. The lowest BCUT2D eigenvalue weighted by Crippen LogP contribution is -2.11. The summed E-state index contributed by atoms with van der Waals surface area (Å²) in [4.78, 5) is 3.78. The number of nitrogens with zero attached hydrogens (tertiary/aromatic N) is 1. The van der Waals surface area contributed by atoms with Crippen LogP contribution in [-0.4, -0.2) is 23.5 Å². The van der Waals surface area contributed by atoms with Crippen LogP contribution in [0.25, 0.3) is 0 Å². The molecule has 0 unspecified atom stereocenters. The van der Waals surface area contributed by atoms with Gasteiger partial charge in [0.1, 0.15) is 11.6 Å². The Morgan fingerprint density at radius 3 is 2.69 bits per heavy atom. The van der Waals surface area contributed by atoms with Crippen molar-refractivity contribution < 1.29 is 13.2 Å². The third-order valence-corrected chi connectivity index (χ3v) is 2.40. The number of nitrogen functional groups attached to an aromatic ring is 1. The van der Waals surface area contributed by atoms with Crippen molar-refractivity contribution in [3.8, 4) is 0 Å². The number of rotatable bonds is 4. The topological polar surface area (TPSA) is 50.9 Å². The molecule has 0 fully saturated rings. The van der Waals surface area contributed by atoms with E-state index in [1.54, 1.807) is 11.8 Å². The summed E-state index contributed by atoms with van der Waals surface area (Å²) in [6.45, 7) is 0.551. The lowest BCUT2D eigenvalue weighted by molar-refractivity contribution is -0.137. The molecule has 90 valence electrons. The van der Waals surface area contributed by atoms with E-state index in [0.29, 0.717) is 6.54 Å². The van der Waals surface area contributed by atoms with Gasteiger partial charge in [-0.1, -0.05) is 0 Å². The Labute approximate surface area is 95.6 Å². The highest BCUT2D eigenvalue weighted by Crippen LogP contribution is 2.31. The van der Waals surface area contributed by atoms with Crippen LogP contribution in [0.4, 0.5) is 24.8 Å². The SMILES string of the molecule is CSCCNc1cc(C(F)(F)F)cc(N)n1. The Balaban J connectivity index is 2.82. The fourth-order valence-electron chi connectivity index (χ4n) is 1.09. The van der Waals surface area contributed by atoms with E-state index in [-0.39, 0.29) is 11.6 Å². The van der Waals surface area contributed by atoms with E-state index < -0.39 is 11.7 Å². The van der Waals surface area contributed by atoms with Crippen LogP contribution in [0.5, 0.6) is 0 Å². The Hall–Kier alpha value is -1.11. The number of aromatic nitrogens is 1. The standard InChI is InChI=1S/C9H12F3N3S/c1-16-3-2-14-8-5-6(9(10,11)12)4-7(13)15-8/h4-5H,2-3H2,1H3,(H3,13,14,15). The first-order chi connectivity index (χ1) is 7.43. The highest BCUT2D eigenvalue weighted by Gasteiger charge is 2.31. The highest BCUT2D eigenvalue weighted by atomic mass is 32.2. The van der Waals surface area contributed by atoms with Crippen LogP contribution in [0.15, 0.2) is 12.1 Å². The van der Waals surface area contributed by atoms with Gasteiger partial charge in [0.05, 0.1) is 5.56 Å². The number of hydrogen-bond donors (Lipinski definition) is 2. The minimum absolute atomic E-state index is 0.138. The summed E-state index contributed by atoms with van der Waals surface area (Å²) in [5.74, 6) is 0.806. The number of pyridine rings is 1. The molecule has 16 heavy (non-hydrogen) atoms. The van der Waals surface area contributed by atoms with Gasteiger partial charge in [-0.15, -0.1) is 0 Å². The van der Waals surface area contributed by atoms with E-state index in [9.17, 15) is 13.2 Å². The van der Waals surface area contributed by atoms with Crippen molar-refractivity contribution in [2.45, 2.75) is 6.18 Å². The number of halogens is 3. The summed E-state index contributed by atoms with van der Waals surface area (Å²) < 4.78 is 37.3. The van der Waals surface area contributed by atoms with Gasteiger partial charge in [0.2, 0.25) is 0 Å². The minimum atomic E-state index is -4.40. The summed E-state index contributed by atoms with van der Waals surface area (Å²) >= 11 is 1.59. The van der Waals surface area contributed by atoms with Gasteiger partial charge in [0.15, 0.2) is 0 Å². The van der Waals surface area contributed by atoms with Gasteiger partial charge >= 0.3 is 6.18 Å². The van der Waals surface area contributed by atoms with Gasteiger partial charge in [0, 0.05) is 12.3 Å². The van der Waals surface area contributed by atoms with E-state index in [4.69, 9.17) is 5.73 Å². The average Bonchev–Trinajstić information content (AvgIpc) is 2.16. The van der Waals surface area contributed by atoms with E-state index in [1.807, 2.05) is 6.26 Å². The molecule has 0 bridgehead atoms. The number of nitrogens with one attached hydrogen (secondary N) is 1. The molecule has 0 aliphatic heterocycles. The molecule has 0 aromatic carbocycles. The summed E-state index contributed by atoms with van der Waals surface area (Å²) in [6.07, 6.45) is -2.48. The molecule has 3 nitrogen and oxygen atoms in total. The second-order valence-electron chi connectivity index (χ2n) is 3.08. The van der Waals surface area contributed by atoms with Crippen LogP contribution < -0.4 is 11.1 Å². The predicted octanol–water partition coefficient (Wildman–Crippen LogP) is 2.46. The molecule has 1 heterocycles. The maximum Gasteiger partial charge on any atom is 0.416 e. The first kappa shape index (κ1) is 13.0. The van der Waals surface area contributed by atoms with Gasteiger partial charge in [-0.05, 0) is 18.4 Å². The smallest absolute Gasteiger partial charge is 0.384 e. The normalized spacial score (nSPS) is 11.5. The van der Waals surface area contributed by atoms with Crippen LogP contribution in [0.3, 0.4) is 0 Å². The van der Waals surface area contributed by atoms with Gasteiger partial charge in [-0.2, -0.15) is 24.9 Å². The highest BCUT2D eigenvalue weighted by molar-refractivity contribution is 7.98. The maximum absolute atomic E-state index is 12.4. The molecule has 1 rings (SSSR count). The van der Waals surface area contributed by atoms with Crippen LogP contribution >= 0.6 is 11.8 Å². The third-order valence-electron chi connectivity index (χ3n) is 1.78. The van der Waals surface area contributed by atoms with Crippen molar-refractivity contribution in [3.63, 3.8) is 0 Å². The molecule has 0 saturated heterocycles. The van der Waals surface area contributed by atoms with Crippen molar-refractivity contribution in [3.05, 3.63) is 17.7 Å². The lowest BCUT2D eigenvalue weighted by atomic mass is 10.2. The van der Waals surface area contributed by atoms with Crippen molar-refractivity contribution in [1.82, 2.24) is 4.98 Å². The summed E-state index contributed by atoms with van der Waals surface area (Å²) in [5.41, 5.74) is 4.52. The molecule has 0 amide bonds. The minimum Gasteiger partial charge on any atom is -0.384 e. The average molecular weight is 251 g/mol. The molecule has 7 heteroatoms. The largest absolute Gasteiger partial charge is 0.416 e. The summed E-state index contributed by atoms with van der Waals surface area (Å²) in [6, 6.07) is 1.77. The first-order valence-electron chi connectivity index (χ1n) is 4.51. The molecule has 3 N–H and O–H groups in total. The molecule has 0 spiro atoms. The second kappa shape index (κ2) is 5.29. The van der Waals surface area contributed by atoms with E-state index in [0.717, 1.165) is 17.9 Å². The Kier molecular flexibility index (Phi) is 4.28. The van der Waals surface area contributed by atoms with Crippen LogP contribution in [0.1, 0.15) is 5.56 Å². The maximum atomic E-state index is 12.4. The first-order valence-corrected chi connectivity index (χ1v) is 5.90. The van der Waals surface area contributed by atoms with E-state index >= 15 is 0 Å². The number of anilines is 2. The van der Waals surface area contributed by atoms with Crippen molar-refractivity contribution in [2.75, 3.05) is 29.6 Å². The monoisotopic (exact) mass is 251 g/mol. The van der Waals surface area contributed by atoms with Crippen molar-refractivity contribution in [2.24, 2.45) is 0 Å². The molecule has 0 aliphatic carbocycles. The Morgan fingerprint density at radius 1 is 1.44 bits per heavy atom. The zero-order valence-corrected chi connectivity index (χ0v) is 9.45. The third kappa shape index (κ3) is 3.80. The molecule has 0 atom stereocenters. The molecule has 1 aromatic rings. The van der Waals surface area contributed by atoms with Gasteiger partial charge in [-0.3, -0.25) is 0 Å². The second-order valence-corrected chi connectivity index (χ2v) is 4.07. The van der Waals surface area contributed by atoms with E-state index in [2.05, 4.69) is 10.3 Å². The molecule has 1 aromatic heterocycles. The number of thioether (sulfide) groups is 1. The van der Waals surface area contributed by atoms with Crippen molar-refractivity contribution >= 4 is 23.4 Å². The lowest BCUT2D eigenvalue weighted by Gasteiger charge is -2.10. The van der Waals surface area contributed by atoms with Gasteiger partial charge in [-0.25, -0.2) is 4.98 Å². The number of hydrogen-bond acceptors (Lipinski definition) is 4. The zero-order chi connectivity index (χ0) is 12.2. The molecule has 0 saturated carbocycles. The fourth-order valence-corrected chi connectivity index (χ4v) is 1.39. The molecule has 0 aliphatic rings. The van der Waals surface area contributed by atoms with Crippen molar-refractivity contribution in [1.29, 1.82) is 0 Å².